The monoisotopic (exact) mass is 346 g/mol. The molecule has 2 N–H and O–H groups in total. The predicted molar refractivity (Wildman–Crippen MR) is 79.3 cm³/mol. The van der Waals surface area contributed by atoms with E-state index >= 15 is 0 Å². The summed E-state index contributed by atoms with van der Waals surface area (Å²) in [6, 6.07) is 1.13. The van der Waals surface area contributed by atoms with Gasteiger partial charge in [-0.3, -0.25) is 9.89 Å². The van der Waals surface area contributed by atoms with Crippen molar-refractivity contribution in [1.82, 2.24) is 20.0 Å². The number of carbonyl (C=O) groups excluding carboxylic acids is 1. The number of rotatable bonds is 2. The maximum absolute atomic E-state index is 12.6. The van der Waals surface area contributed by atoms with Gasteiger partial charge in [0.15, 0.2) is 5.69 Å². The lowest BCUT2D eigenvalue weighted by atomic mass is 9.99. The number of hydrogen-bond donors (Lipinski definition) is 2. The SMILES string of the molecule is O=C(c1cc(C(F)(F)F)[nH]n1)N1CCC(N2CCC(O)CC2)CC1. The number of nitrogens with zero attached hydrogens (tertiary/aromatic N) is 3. The van der Waals surface area contributed by atoms with E-state index in [0.29, 0.717) is 19.1 Å². The summed E-state index contributed by atoms with van der Waals surface area (Å²) < 4.78 is 37.7. The minimum Gasteiger partial charge on any atom is -0.393 e. The Morgan fingerprint density at radius 1 is 1.17 bits per heavy atom. The van der Waals surface area contributed by atoms with Crippen LogP contribution in [0.25, 0.3) is 0 Å². The van der Waals surface area contributed by atoms with Crippen LogP contribution >= 0.6 is 0 Å². The molecule has 0 atom stereocenters. The molecule has 0 unspecified atom stereocenters. The molecule has 134 valence electrons. The zero-order valence-corrected chi connectivity index (χ0v) is 13.2. The molecule has 0 radical (unpaired) electrons. The molecule has 3 rings (SSSR count). The first kappa shape index (κ1) is 17.2. The molecule has 2 aliphatic rings. The van der Waals surface area contributed by atoms with Crippen LogP contribution in [0, 0.1) is 0 Å². The molecule has 2 fully saturated rings. The highest BCUT2D eigenvalue weighted by atomic mass is 19.4. The Balaban J connectivity index is 1.54. The molecule has 0 aromatic carbocycles. The summed E-state index contributed by atoms with van der Waals surface area (Å²) in [5.74, 6) is -0.464. The summed E-state index contributed by atoms with van der Waals surface area (Å²) in [4.78, 5) is 16.2. The van der Waals surface area contributed by atoms with Gasteiger partial charge in [0.05, 0.1) is 6.10 Å². The van der Waals surface area contributed by atoms with Crippen molar-refractivity contribution in [3.63, 3.8) is 0 Å². The van der Waals surface area contributed by atoms with Gasteiger partial charge in [-0.2, -0.15) is 18.3 Å². The first-order valence-electron chi connectivity index (χ1n) is 8.18. The van der Waals surface area contributed by atoms with Crippen molar-refractivity contribution in [2.24, 2.45) is 0 Å². The highest BCUT2D eigenvalue weighted by Gasteiger charge is 2.35. The third kappa shape index (κ3) is 3.72. The Hall–Kier alpha value is -1.61. The lowest BCUT2D eigenvalue weighted by molar-refractivity contribution is -0.141. The van der Waals surface area contributed by atoms with E-state index in [4.69, 9.17) is 0 Å². The van der Waals surface area contributed by atoms with Crippen molar-refractivity contribution < 1.29 is 23.1 Å². The summed E-state index contributed by atoms with van der Waals surface area (Å²) in [6.45, 7) is 2.73. The van der Waals surface area contributed by atoms with Crippen LogP contribution in [0.1, 0.15) is 41.9 Å². The minimum atomic E-state index is -4.53. The quantitative estimate of drug-likeness (QED) is 0.851. The van der Waals surface area contributed by atoms with Gasteiger partial charge >= 0.3 is 6.18 Å². The van der Waals surface area contributed by atoms with E-state index < -0.39 is 17.8 Å². The molecule has 2 saturated heterocycles. The van der Waals surface area contributed by atoms with E-state index in [9.17, 15) is 23.1 Å². The number of halogens is 3. The van der Waals surface area contributed by atoms with Crippen LogP contribution < -0.4 is 0 Å². The summed E-state index contributed by atoms with van der Waals surface area (Å²) >= 11 is 0. The smallest absolute Gasteiger partial charge is 0.393 e. The maximum atomic E-state index is 12.6. The second-order valence-electron chi connectivity index (χ2n) is 6.46. The Labute approximate surface area is 137 Å². The topological polar surface area (TPSA) is 72.5 Å². The molecule has 2 aliphatic heterocycles. The van der Waals surface area contributed by atoms with Crippen molar-refractivity contribution in [1.29, 1.82) is 0 Å². The Kier molecular flexibility index (Phi) is 4.82. The van der Waals surface area contributed by atoms with Gasteiger partial charge < -0.3 is 14.9 Å². The van der Waals surface area contributed by atoms with E-state index in [1.165, 1.54) is 0 Å². The average Bonchev–Trinajstić information content (AvgIpc) is 3.05. The average molecular weight is 346 g/mol. The van der Waals surface area contributed by atoms with Gasteiger partial charge in [-0.15, -0.1) is 0 Å². The third-order valence-corrected chi connectivity index (χ3v) is 4.87. The summed E-state index contributed by atoms with van der Waals surface area (Å²) in [5.41, 5.74) is -1.20. The van der Waals surface area contributed by atoms with Crippen LogP contribution in [-0.4, -0.2) is 69.3 Å². The van der Waals surface area contributed by atoms with Crippen molar-refractivity contribution in [3.05, 3.63) is 17.5 Å². The van der Waals surface area contributed by atoms with Gasteiger partial charge in [-0.25, -0.2) is 0 Å². The molecule has 1 amide bonds. The number of aliphatic hydroxyl groups excluding tert-OH is 1. The lowest BCUT2D eigenvalue weighted by Crippen LogP contribution is -2.49. The number of hydrogen-bond acceptors (Lipinski definition) is 4. The number of aliphatic hydroxyl groups is 1. The van der Waals surface area contributed by atoms with Crippen molar-refractivity contribution in [3.8, 4) is 0 Å². The molecule has 0 bridgehead atoms. The molecular formula is C15H21F3N4O2. The highest BCUT2D eigenvalue weighted by molar-refractivity contribution is 5.92. The first-order valence-corrected chi connectivity index (χ1v) is 8.18. The molecule has 1 aromatic rings. The lowest BCUT2D eigenvalue weighted by Gasteiger charge is -2.40. The first-order chi connectivity index (χ1) is 11.3. The Morgan fingerprint density at radius 3 is 2.33 bits per heavy atom. The molecule has 3 heterocycles. The number of aromatic amines is 1. The van der Waals surface area contributed by atoms with E-state index in [1.54, 1.807) is 4.90 Å². The molecule has 0 spiro atoms. The predicted octanol–water partition coefficient (Wildman–Crippen LogP) is 1.49. The molecule has 0 aliphatic carbocycles. The summed E-state index contributed by atoms with van der Waals surface area (Å²) in [7, 11) is 0. The number of likely N-dealkylation sites (tertiary alicyclic amines) is 2. The van der Waals surface area contributed by atoms with Crippen molar-refractivity contribution in [2.75, 3.05) is 26.2 Å². The van der Waals surface area contributed by atoms with E-state index in [0.717, 1.165) is 44.8 Å². The van der Waals surface area contributed by atoms with E-state index in [1.807, 2.05) is 5.10 Å². The summed E-state index contributed by atoms with van der Waals surface area (Å²) in [5, 5.41) is 14.9. The fourth-order valence-electron chi connectivity index (χ4n) is 3.42. The number of nitrogens with one attached hydrogen (secondary N) is 1. The fourth-order valence-corrected chi connectivity index (χ4v) is 3.42. The van der Waals surface area contributed by atoms with Crippen LogP contribution in [-0.2, 0) is 6.18 Å². The molecule has 0 saturated carbocycles. The third-order valence-electron chi connectivity index (χ3n) is 4.87. The van der Waals surface area contributed by atoms with Crippen LogP contribution in [0.4, 0.5) is 13.2 Å². The fraction of sp³-hybridized carbons (Fsp3) is 0.733. The molecule has 1 aromatic heterocycles. The van der Waals surface area contributed by atoms with Crippen molar-refractivity contribution in [2.45, 2.75) is 44.0 Å². The van der Waals surface area contributed by atoms with Gasteiger partial charge in [0, 0.05) is 38.3 Å². The number of piperidine rings is 2. The molecule has 6 nitrogen and oxygen atoms in total. The molecule has 9 heteroatoms. The van der Waals surface area contributed by atoms with Crippen molar-refractivity contribution >= 4 is 5.91 Å². The van der Waals surface area contributed by atoms with Gasteiger partial charge in [0.2, 0.25) is 0 Å². The minimum absolute atomic E-state index is 0.193. The van der Waals surface area contributed by atoms with E-state index in [-0.39, 0.29) is 11.8 Å². The molecule has 24 heavy (non-hydrogen) atoms. The number of aromatic nitrogens is 2. The van der Waals surface area contributed by atoms with Gasteiger partial charge in [0.1, 0.15) is 5.69 Å². The van der Waals surface area contributed by atoms with E-state index in [2.05, 4.69) is 10.00 Å². The standard InChI is InChI=1S/C15H21F3N4O2/c16-15(17,18)13-9-12(19-20-13)14(24)22-5-1-10(2-6-22)21-7-3-11(23)4-8-21/h9-11,23H,1-8H2,(H,19,20). The Bertz CT molecular complexity index is 574. The second kappa shape index (κ2) is 6.72. The van der Waals surface area contributed by atoms with Gasteiger partial charge in [-0.1, -0.05) is 0 Å². The van der Waals surface area contributed by atoms with Crippen LogP contribution in [0.15, 0.2) is 6.07 Å². The summed E-state index contributed by atoms with van der Waals surface area (Å²) in [6.07, 6.45) is -1.63. The van der Waals surface area contributed by atoms with Crippen LogP contribution in [0.5, 0.6) is 0 Å². The van der Waals surface area contributed by atoms with Crippen LogP contribution in [0.3, 0.4) is 0 Å². The molecular weight excluding hydrogens is 325 g/mol. The highest BCUT2D eigenvalue weighted by Crippen LogP contribution is 2.28. The number of amides is 1. The Morgan fingerprint density at radius 2 is 1.79 bits per heavy atom. The largest absolute Gasteiger partial charge is 0.432 e. The zero-order valence-electron chi connectivity index (χ0n) is 13.2. The van der Waals surface area contributed by atoms with Gasteiger partial charge in [0.25, 0.3) is 5.91 Å². The number of carbonyl (C=O) groups is 1. The second-order valence-corrected chi connectivity index (χ2v) is 6.46. The number of H-pyrrole nitrogens is 1. The van der Waals surface area contributed by atoms with Crippen LogP contribution in [0.2, 0.25) is 0 Å². The normalized spacial score (nSPS) is 22.1. The van der Waals surface area contributed by atoms with Gasteiger partial charge in [-0.05, 0) is 25.7 Å². The zero-order chi connectivity index (χ0) is 17.3. The number of alkyl halides is 3. The maximum Gasteiger partial charge on any atom is 0.432 e.